The van der Waals surface area contributed by atoms with Gasteiger partial charge in [-0.05, 0) is 25.3 Å². The first kappa shape index (κ1) is 10.4. The largest absolute Gasteiger partial charge is 0.355 e. The van der Waals surface area contributed by atoms with Crippen molar-refractivity contribution in [2.24, 2.45) is 10.9 Å². The van der Waals surface area contributed by atoms with Crippen molar-refractivity contribution >= 4 is 11.7 Å². The number of aromatic nitrogens is 2. The number of piperidine rings is 1. The second kappa shape index (κ2) is 3.71. The molecule has 3 atom stereocenters. The maximum Gasteiger partial charge on any atom is 0.138 e. The maximum atomic E-state index is 4.61. The second-order valence-electron chi connectivity index (χ2n) is 5.51. The Kier molecular flexibility index (Phi) is 2.14. The van der Waals surface area contributed by atoms with Gasteiger partial charge >= 0.3 is 0 Å². The van der Waals surface area contributed by atoms with E-state index in [0.717, 1.165) is 23.1 Å². The van der Waals surface area contributed by atoms with Gasteiger partial charge in [-0.2, -0.15) is 5.10 Å². The topological polar surface area (TPSA) is 68.3 Å². The van der Waals surface area contributed by atoms with Gasteiger partial charge in [0, 0.05) is 19.1 Å². The van der Waals surface area contributed by atoms with Crippen molar-refractivity contribution in [1.29, 1.82) is 0 Å². The SMILES string of the molecule is CN(C1=NCNc2[nH]ncc21)C1CC2CNC1C2. The highest BCUT2D eigenvalue weighted by molar-refractivity contribution is 6.03. The summed E-state index contributed by atoms with van der Waals surface area (Å²) < 4.78 is 0. The van der Waals surface area contributed by atoms with Gasteiger partial charge < -0.3 is 15.5 Å². The normalized spacial score (nSPS) is 32.9. The Morgan fingerprint density at radius 1 is 1.39 bits per heavy atom. The van der Waals surface area contributed by atoms with Crippen LogP contribution in [0.15, 0.2) is 11.2 Å². The molecule has 0 amide bonds. The minimum atomic E-state index is 0.573. The second-order valence-corrected chi connectivity index (χ2v) is 5.51. The van der Waals surface area contributed by atoms with E-state index in [2.05, 4.69) is 37.8 Å². The number of likely N-dealkylation sites (N-methyl/N-ethyl adjacent to an activating group) is 1. The lowest BCUT2D eigenvalue weighted by Gasteiger charge is -2.35. The molecular formula is C12H18N6. The lowest BCUT2D eigenvalue weighted by molar-refractivity contribution is 0.283. The van der Waals surface area contributed by atoms with E-state index in [-0.39, 0.29) is 0 Å². The Morgan fingerprint density at radius 2 is 2.33 bits per heavy atom. The van der Waals surface area contributed by atoms with Crippen LogP contribution in [0, 0.1) is 5.92 Å². The van der Waals surface area contributed by atoms with Crippen molar-refractivity contribution < 1.29 is 0 Å². The quantitative estimate of drug-likeness (QED) is 0.663. The maximum absolute atomic E-state index is 4.61. The van der Waals surface area contributed by atoms with Crippen LogP contribution in [0.3, 0.4) is 0 Å². The Balaban J connectivity index is 1.62. The molecule has 4 rings (SSSR count). The number of aliphatic imine (C=N–C) groups is 1. The molecule has 6 nitrogen and oxygen atoms in total. The number of fused-ring (bicyclic) bond motifs is 3. The van der Waals surface area contributed by atoms with Gasteiger partial charge in [0.25, 0.3) is 0 Å². The molecule has 3 heterocycles. The smallest absolute Gasteiger partial charge is 0.138 e. The highest BCUT2D eigenvalue weighted by Crippen LogP contribution is 2.35. The van der Waals surface area contributed by atoms with Crippen LogP contribution in [-0.2, 0) is 0 Å². The van der Waals surface area contributed by atoms with E-state index in [0.29, 0.717) is 18.8 Å². The molecular weight excluding hydrogens is 228 g/mol. The molecule has 1 saturated heterocycles. The molecule has 96 valence electrons. The van der Waals surface area contributed by atoms with Gasteiger partial charge in [0.15, 0.2) is 0 Å². The average Bonchev–Trinajstić information content (AvgIpc) is 3.12. The van der Waals surface area contributed by atoms with Gasteiger partial charge in [-0.15, -0.1) is 0 Å². The van der Waals surface area contributed by atoms with Crippen molar-refractivity contribution in [2.75, 3.05) is 25.6 Å². The Morgan fingerprint density at radius 3 is 3.11 bits per heavy atom. The molecule has 6 heteroatoms. The number of rotatable bonds is 1. The third-order valence-corrected chi connectivity index (χ3v) is 4.49. The number of hydrogen-bond acceptors (Lipinski definition) is 5. The molecule has 18 heavy (non-hydrogen) atoms. The first-order chi connectivity index (χ1) is 8.83. The van der Waals surface area contributed by atoms with E-state index in [1.54, 1.807) is 0 Å². The van der Waals surface area contributed by atoms with Crippen LogP contribution in [0.25, 0.3) is 0 Å². The zero-order valence-electron chi connectivity index (χ0n) is 10.5. The van der Waals surface area contributed by atoms with Crippen molar-refractivity contribution in [3.63, 3.8) is 0 Å². The summed E-state index contributed by atoms with van der Waals surface area (Å²) in [6, 6.07) is 1.20. The van der Waals surface area contributed by atoms with Crippen molar-refractivity contribution in [3.8, 4) is 0 Å². The summed E-state index contributed by atoms with van der Waals surface area (Å²) in [4.78, 5) is 6.95. The zero-order chi connectivity index (χ0) is 12.1. The molecule has 3 unspecified atom stereocenters. The molecule has 1 saturated carbocycles. The van der Waals surface area contributed by atoms with E-state index in [1.165, 1.54) is 19.4 Å². The Bertz CT molecular complexity index is 493. The minimum Gasteiger partial charge on any atom is -0.355 e. The van der Waals surface area contributed by atoms with Crippen LogP contribution < -0.4 is 10.6 Å². The van der Waals surface area contributed by atoms with Gasteiger partial charge in [0.05, 0.1) is 11.8 Å². The molecule has 0 aromatic carbocycles. The number of nitrogens with one attached hydrogen (secondary N) is 3. The zero-order valence-corrected chi connectivity index (χ0v) is 10.5. The summed E-state index contributed by atoms with van der Waals surface area (Å²) in [6.45, 7) is 1.82. The summed E-state index contributed by atoms with van der Waals surface area (Å²) >= 11 is 0. The molecule has 1 aromatic heterocycles. The number of H-pyrrole nitrogens is 1. The third kappa shape index (κ3) is 1.38. The van der Waals surface area contributed by atoms with E-state index in [4.69, 9.17) is 0 Å². The molecule has 0 radical (unpaired) electrons. The van der Waals surface area contributed by atoms with E-state index in [9.17, 15) is 0 Å². The summed E-state index contributed by atoms with van der Waals surface area (Å²) in [7, 11) is 2.16. The number of anilines is 1. The lowest BCUT2D eigenvalue weighted by atomic mass is 10.1. The summed E-state index contributed by atoms with van der Waals surface area (Å²) in [5, 5.41) is 13.9. The van der Waals surface area contributed by atoms with Crippen molar-refractivity contribution in [1.82, 2.24) is 20.4 Å². The highest BCUT2D eigenvalue weighted by atomic mass is 15.3. The molecule has 2 fully saturated rings. The molecule has 2 bridgehead atoms. The predicted octanol–water partition coefficient (Wildman–Crippen LogP) is 0.221. The Hall–Kier alpha value is -1.56. The third-order valence-electron chi connectivity index (χ3n) is 4.49. The summed E-state index contributed by atoms with van der Waals surface area (Å²) in [6.07, 6.45) is 4.46. The fourth-order valence-corrected chi connectivity index (χ4v) is 3.58. The molecule has 3 aliphatic rings. The Labute approximate surface area is 106 Å². The minimum absolute atomic E-state index is 0.573. The van der Waals surface area contributed by atoms with Gasteiger partial charge in [-0.3, -0.25) is 5.10 Å². The predicted molar refractivity (Wildman–Crippen MR) is 69.7 cm³/mol. The van der Waals surface area contributed by atoms with Gasteiger partial charge in [-0.1, -0.05) is 0 Å². The number of amidine groups is 1. The number of nitrogens with zero attached hydrogens (tertiary/aromatic N) is 3. The van der Waals surface area contributed by atoms with Crippen LogP contribution in [0.1, 0.15) is 18.4 Å². The van der Waals surface area contributed by atoms with Crippen LogP contribution in [0.5, 0.6) is 0 Å². The molecule has 1 aliphatic carbocycles. The first-order valence-electron chi connectivity index (χ1n) is 6.61. The van der Waals surface area contributed by atoms with Crippen LogP contribution >= 0.6 is 0 Å². The summed E-state index contributed by atoms with van der Waals surface area (Å²) in [5.74, 6) is 2.91. The summed E-state index contributed by atoms with van der Waals surface area (Å²) in [5.41, 5.74) is 1.09. The number of hydrogen-bond donors (Lipinski definition) is 3. The van der Waals surface area contributed by atoms with Gasteiger partial charge in [-0.25, -0.2) is 4.99 Å². The number of aromatic amines is 1. The lowest BCUT2D eigenvalue weighted by Crippen LogP contribution is -2.49. The first-order valence-corrected chi connectivity index (χ1v) is 6.61. The average molecular weight is 246 g/mol. The molecule has 2 aliphatic heterocycles. The van der Waals surface area contributed by atoms with E-state index in [1.807, 2.05) is 6.20 Å². The standard InChI is InChI=1S/C12H18N6/c1-18(10-3-7-2-9(10)13-4-7)12-8-5-16-17-11(8)14-6-15-12/h5,7,9-10,13H,2-4,6H2,1H3,(H2,14,16,17). The van der Waals surface area contributed by atoms with Crippen molar-refractivity contribution in [3.05, 3.63) is 11.8 Å². The van der Waals surface area contributed by atoms with E-state index >= 15 is 0 Å². The molecule has 3 N–H and O–H groups in total. The monoisotopic (exact) mass is 246 g/mol. The fourth-order valence-electron chi connectivity index (χ4n) is 3.58. The fraction of sp³-hybridized carbons (Fsp3) is 0.667. The van der Waals surface area contributed by atoms with Gasteiger partial charge in [0.1, 0.15) is 18.3 Å². The van der Waals surface area contributed by atoms with Crippen LogP contribution in [0.4, 0.5) is 5.82 Å². The molecule has 0 spiro atoms. The van der Waals surface area contributed by atoms with Crippen LogP contribution in [0.2, 0.25) is 0 Å². The van der Waals surface area contributed by atoms with Crippen molar-refractivity contribution in [2.45, 2.75) is 24.9 Å². The van der Waals surface area contributed by atoms with Crippen LogP contribution in [-0.4, -0.2) is 53.3 Å². The molecule has 1 aromatic rings. The van der Waals surface area contributed by atoms with E-state index < -0.39 is 0 Å². The highest BCUT2D eigenvalue weighted by Gasteiger charge is 2.42. The van der Waals surface area contributed by atoms with Gasteiger partial charge in [0.2, 0.25) is 0 Å².